The lowest BCUT2D eigenvalue weighted by molar-refractivity contribution is 0.0942. The fourth-order valence-electron chi connectivity index (χ4n) is 2.84. The van der Waals surface area contributed by atoms with Gasteiger partial charge in [-0.2, -0.15) is 0 Å². The molecule has 3 rings (SSSR count). The second kappa shape index (κ2) is 7.84. The molecule has 0 radical (unpaired) electrons. The van der Waals surface area contributed by atoms with E-state index in [1.54, 1.807) is 4.90 Å². The number of benzene rings is 2. The number of amides is 1. The number of hydrogen-bond donors (Lipinski definition) is 1. The minimum absolute atomic E-state index is 0.241. The van der Waals surface area contributed by atoms with Crippen LogP contribution in [0.2, 0.25) is 0 Å². The van der Waals surface area contributed by atoms with Crippen molar-refractivity contribution in [3.63, 3.8) is 0 Å². The van der Waals surface area contributed by atoms with Crippen molar-refractivity contribution in [1.29, 1.82) is 0 Å². The second-order valence-electron chi connectivity index (χ2n) is 5.89. The molecule has 1 aliphatic rings. The summed E-state index contributed by atoms with van der Waals surface area (Å²) >= 11 is 0. The summed E-state index contributed by atoms with van der Waals surface area (Å²) in [5.41, 5.74) is 8.99. The van der Waals surface area contributed by atoms with Gasteiger partial charge in [0.25, 0.3) is 0 Å². The molecular formula is C19H23N3O2. The molecule has 5 heteroatoms. The van der Waals surface area contributed by atoms with Gasteiger partial charge in [0.2, 0.25) is 0 Å². The lowest BCUT2D eigenvalue weighted by atomic mass is 10.1. The summed E-state index contributed by atoms with van der Waals surface area (Å²) in [6.07, 6.45) is -0.241. The van der Waals surface area contributed by atoms with Gasteiger partial charge in [-0.3, -0.25) is 0 Å². The Morgan fingerprint density at radius 1 is 0.958 bits per heavy atom. The van der Waals surface area contributed by atoms with E-state index in [0.29, 0.717) is 26.2 Å². The predicted octanol–water partition coefficient (Wildman–Crippen LogP) is 2.60. The predicted molar refractivity (Wildman–Crippen MR) is 94.7 cm³/mol. The van der Waals surface area contributed by atoms with Crippen LogP contribution in [0.25, 0.3) is 0 Å². The lowest BCUT2D eigenvalue weighted by Crippen LogP contribution is -2.49. The van der Waals surface area contributed by atoms with Crippen molar-refractivity contribution in [3.8, 4) is 0 Å². The monoisotopic (exact) mass is 325 g/mol. The first kappa shape index (κ1) is 16.3. The highest BCUT2D eigenvalue weighted by atomic mass is 16.6. The Labute approximate surface area is 142 Å². The van der Waals surface area contributed by atoms with E-state index >= 15 is 0 Å². The van der Waals surface area contributed by atoms with Crippen LogP contribution >= 0.6 is 0 Å². The van der Waals surface area contributed by atoms with Crippen LogP contribution in [-0.4, -0.2) is 37.2 Å². The molecule has 5 nitrogen and oxygen atoms in total. The summed E-state index contributed by atoms with van der Waals surface area (Å²) in [6.45, 7) is 3.79. The Hall–Kier alpha value is -2.53. The molecular weight excluding hydrogens is 302 g/mol. The van der Waals surface area contributed by atoms with Crippen molar-refractivity contribution >= 4 is 11.8 Å². The average Bonchev–Trinajstić information content (AvgIpc) is 2.67. The first-order valence-corrected chi connectivity index (χ1v) is 8.26. The molecule has 0 unspecified atom stereocenters. The average molecular weight is 325 g/mol. The molecule has 126 valence electrons. The zero-order chi connectivity index (χ0) is 16.8. The van der Waals surface area contributed by atoms with Gasteiger partial charge < -0.3 is 20.3 Å². The third-order valence-corrected chi connectivity index (χ3v) is 4.25. The fourth-order valence-corrected chi connectivity index (χ4v) is 2.84. The molecule has 0 spiro atoms. The normalized spacial score (nSPS) is 14.5. The number of rotatable bonds is 4. The SMILES string of the molecule is NCc1cccc(N2CCN(C(=O)OCc3ccccc3)CC2)c1. The lowest BCUT2D eigenvalue weighted by Gasteiger charge is -2.35. The number of piperazine rings is 1. The maximum atomic E-state index is 12.2. The molecule has 24 heavy (non-hydrogen) atoms. The third kappa shape index (κ3) is 4.06. The second-order valence-corrected chi connectivity index (χ2v) is 5.89. The molecule has 2 N–H and O–H groups in total. The van der Waals surface area contributed by atoms with Gasteiger partial charge in [-0.15, -0.1) is 0 Å². The summed E-state index contributed by atoms with van der Waals surface area (Å²) in [5, 5.41) is 0. The van der Waals surface area contributed by atoms with E-state index in [-0.39, 0.29) is 6.09 Å². The molecule has 1 aliphatic heterocycles. The molecule has 2 aromatic carbocycles. The molecule has 1 heterocycles. The third-order valence-electron chi connectivity index (χ3n) is 4.25. The van der Waals surface area contributed by atoms with E-state index in [4.69, 9.17) is 10.5 Å². The number of hydrogen-bond acceptors (Lipinski definition) is 4. The Kier molecular flexibility index (Phi) is 5.33. The van der Waals surface area contributed by atoms with Crippen LogP contribution < -0.4 is 10.6 Å². The highest BCUT2D eigenvalue weighted by molar-refractivity contribution is 5.68. The number of nitrogens with two attached hydrogens (primary N) is 1. The standard InChI is InChI=1S/C19H23N3O2/c20-14-17-7-4-8-18(13-17)21-9-11-22(12-10-21)19(23)24-15-16-5-2-1-3-6-16/h1-8,13H,9-12,14-15,20H2. The first-order chi connectivity index (χ1) is 11.8. The molecule has 0 aliphatic carbocycles. The van der Waals surface area contributed by atoms with Crippen molar-refractivity contribution in [1.82, 2.24) is 4.90 Å². The van der Waals surface area contributed by atoms with Gasteiger partial charge in [-0.05, 0) is 23.3 Å². The van der Waals surface area contributed by atoms with Crippen LogP contribution in [0.15, 0.2) is 54.6 Å². The number of carbonyl (C=O) groups excluding carboxylic acids is 1. The van der Waals surface area contributed by atoms with E-state index in [9.17, 15) is 4.79 Å². The highest BCUT2D eigenvalue weighted by Gasteiger charge is 2.22. The van der Waals surface area contributed by atoms with Crippen molar-refractivity contribution in [2.24, 2.45) is 5.73 Å². The van der Waals surface area contributed by atoms with Crippen LogP contribution in [0.5, 0.6) is 0 Å². The largest absolute Gasteiger partial charge is 0.445 e. The molecule has 0 saturated carbocycles. The summed E-state index contributed by atoms with van der Waals surface area (Å²) < 4.78 is 5.40. The molecule has 2 aromatic rings. The smallest absolute Gasteiger partial charge is 0.410 e. The minimum atomic E-state index is -0.241. The van der Waals surface area contributed by atoms with E-state index in [2.05, 4.69) is 17.0 Å². The summed E-state index contributed by atoms with van der Waals surface area (Å²) in [5.74, 6) is 0. The number of ether oxygens (including phenoxy) is 1. The Balaban J connectivity index is 1.50. The van der Waals surface area contributed by atoms with Crippen molar-refractivity contribution < 1.29 is 9.53 Å². The van der Waals surface area contributed by atoms with Gasteiger partial charge in [-0.25, -0.2) is 4.79 Å². The molecule has 0 atom stereocenters. The Bertz CT molecular complexity index is 667. The zero-order valence-electron chi connectivity index (χ0n) is 13.7. The van der Waals surface area contributed by atoms with E-state index in [1.165, 1.54) is 0 Å². The van der Waals surface area contributed by atoms with Crippen molar-refractivity contribution in [2.75, 3.05) is 31.1 Å². The van der Waals surface area contributed by atoms with Crippen LogP contribution in [0, 0.1) is 0 Å². The topological polar surface area (TPSA) is 58.8 Å². The minimum Gasteiger partial charge on any atom is -0.445 e. The molecule has 0 bridgehead atoms. The van der Waals surface area contributed by atoms with Gasteiger partial charge in [-0.1, -0.05) is 42.5 Å². The molecule has 1 amide bonds. The summed E-state index contributed by atoms with van der Waals surface area (Å²) in [6, 6.07) is 18.0. The molecule has 0 aromatic heterocycles. The van der Waals surface area contributed by atoms with Crippen LogP contribution in [0.1, 0.15) is 11.1 Å². The van der Waals surface area contributed by atoms with E-state index in [1.807, 2.05) is 42.5 Å². The van der Waals surface area contributed by atoms with Crippen LogP contribution in [0.4, 0.5) is 10.5 Å². The number of anilines is 1. The quantitative estimate of drug-likeness (QED) is 0.939. The van der Waals surface area contributed by atoms with Crippen molar-refractivity contribution in [2.45, 2.75) is 13.2 Å². The van der Waals surface area contributed by atoms with Gasteiger partial charge in [0, 0.05) is 38.4 Å². The van der Waals surface area contributed by atoms with Crippen LogP contribution in [-0.2, 0) is 17.9 Å². The van der Waals surface area contributed by atoms with E-state index in [0.717, 1.165) is 29.9 Å². The van der Waals surface area contributed by atoms with Gasteiger partial charge in [0.15, 0.2) is 0 Å². The van der Waals surface area contributed by atoms with Crippen LogP contribution in [0.3, 0.4) is 0 Å². The first-order valence-electron chi connectivity index (χ1n) is 8.26. The number of nitrogens with zero attached hydrogens (tertiary/aromatic N) is 2. The molecule has 1 saturated heterocycles. The van der Waals surface area contributed by atoms with Gasteiger partial charge in [0.05, 0.1) is 0 Å². The van der Waals surface area contributed by atoms with Gasteiger partial charge >= 0.3 is 6.09 Å². The van der Waals surface area contributed by atoms with E-state index < -0.39 is 0 Å². The summed E-state index contributed by atoms with van der Waals surface area (Å²) in [4.78, 5) is 16.2. The Morgan fingerprint density at radius 2 is 1.67 bits per heavy atom. The van der Waals surface area contributed by atoms with Gasteiger partial charge in [0.1, 0.15) is 6.61 Å². The number of carbonyl (C=O) groups is 1. The maximum absolute atomic E-state index is 12.2. The zero-order valence-corrected chi connectivity index (χ0v) is 13.7. The fraction of sp³-hybridized carbons (Fsp3) is 0.316. The highest BCUT2D eigenvalue weighted by Crippen LogP contribution is 2.18. The Morgan fingerprint density at radius 3 is 2.38 bits per heavy atom. The van der Waals surface area contributed by atoms with Crippen molar-refractivity contribution in [3.05, 3.63) is 65.7 Å². The maximum Gasteiger partial charge on any atom is 0.410 e. The molecule has 1 fully saturated rings. The summed E-state index contributed by atoms with van der Waals surface area (Å²) in [7, 11) is 0.